The number of oxime groups is 1. The van der Waals surface area contributed by atoms with Crippen LogP contribution in [0.1, 0.15) is 30.9 Å². The molecule has 8 heteroatoms. The largest absolute Gasteiger partial charge is 0.497 e. The molecule has 1 aliphatic heterocycles. The lowest BCUT2D eigenvalue weighted by Gasteiger charge is -2.24. The quantitative estimate of drug-likeness (QED) is 0.644. The standard InChI is InChI=1S/C23H26ClN3O4/c1-3-11-25-22(28)15-27(14-16-7-5-4-6-8-16)23(29)21-13-20(26-31-21)18-12-17(30-2)9-10-19(18)24/h4-10,12,21H,3,11,13-15H2,1-2H3,(H,25,28). The van der Waals surface area contributed by atoms with E-state index in [1.54, 1.807) is 25.3 Å². The first-order valence-electron chi connectivity index (χ1n) is 10.2. The summed E-state index contributed by atoms with van der Waals surface area (Å²) >= 11 is 6.31. The third-order valence-corrected chi connectivity index (χ3v) is 5.19. The number of carbonyl (C=O) groups excluding carboxylic acids is 2. The van der Waals surface area contributed by atoms with Crippen LogP contribution in [0.5, 0.6) is 5.75 Å². The summed E-state index contributed by atoms with van der Waals surface area (Å²) in [6.45, 7) is 2.78. The van der Waals surface area contributed by atoms with Gasteiger partial charge in [-0.2, -0.15) is 0 Å². The molecule has 0 bridgehead atoms. The van der Waals surface area contributed by atoms with Crippen molar-refractivity contribution in [2.24, 2.45) is 5.16 Å². The molecule has 0 spiro atoms. The minimum atomic E-state index is -0.819. The van der Waals surface area contributed by atoms with Crippen molar-refractivity contribution in [3.63, 3.8) is 0 Å². The Morgan fingerprint density at radius 2 is 2.03 bits per heavy atom. The van der Waals surface area contributed by atoms with Gasteiger partial charge in [-0.3, -0.25) is 9.59 Å². The molecule has 0 aliphatic carbocycles. The monoisotopic (exact) mass is 443 g/mol. The fourth-order valence-electron chi connectivity index (χ4n) is 3.23. The highest BCUT2D eigenvalue weighted by atomic mass is 35.5. The summed E-state index contributed by atoms with van der Waals surface area (Å²) in [7, 11) is 1.57. The Kier molecular flexibility index (Phi) is 7.89. The molecule has 0 saturated heterocycles. The molecule has 1 aliphatic rings. The molecule has 0 radical (unpaired) electrons. The molecule has 0 aromatic heterocycles. The van der Waals surface area contributed by atoms with E-state index in [0.717, 1.165) is 12.0 Å². The van der Waals surface area contributed by atoms with Gasteiger partial charge in [0.05, 0.1) is 24.4 Å². The summed E-state index contributed by atoms with van der Waals surface area (Å²) in [6.07, 6.45) is 0.260. The molecule has 2 aromatic rings. The lowest BCUT2D eigenvalue weighted by molar-refractivity contribution is -0.145. The van der Waals surface area contributed by atoms with E-state index in [9.17, 15) is 9.59 Å². The summed E-state index contributed by atoms with van der Waals surface area (Å²) in [6, 6.07) is 14.8. The van der Waals surface area contributed by atoms with E-state index in [1.807, 2.05) is 37.3 Å². The van der Waals surface area contributed by atoms with Gasteiger partial charge in [-0.15, -0.1) is 0 Å². The van der Waals surface area contributed by atoms with E-state index in [1.165, 1.54) is 4.90 Å². The Morgan fingerprint density at radius 3 is 2.74 bits per heavy atom. The molecule has 1 N–H and O–H groups in total. The minimum absolute atomic E-state index is 0.0527. The zero-order valence-electron chi connectivity index (χ0n) is 17.6. The van der Waals surface area contributed by atoms with E-state index in [0.29, 0.717) is 35.1 Å². The first kappa shape index (κ1) is 22.6. The summed E-state index contributed by atoms with van der Waals surface area (Å²) in [5.74, 6) is 0.129. The maximum absolute atomic E-state index is 13.2. The van der Waals surface area contributed by atoms with Gasteiger partial charge in [-0.1, -0.05) is 54.0 Å². The van der Waals surface area contributed by atoms with Crippen molar-refractivity contribution in [3.8, 4) is 5.75 Å². The third-order valence-electron chi connectivity index (χ3n) is 4.86. The first-order valence-corrected chi connectivity index (χ1v) is 10.6. The van der Waals surface area contributed by atoms with Crippen LogP contribution < -0.4 is 10.1 Å². The Labute approximate surface area is 187 Å². The number of methoxy groups -OCH3 is 1. The van der Waals surface area contributed by atoms with Gasteiger partial charge in [0.1, 0.15) is 5.75 Å². The Bertz CT molecular complexity index is 949. The highest BCUT2D eigenvalue weighted by molar-refractivity contribution is 6.34. The molecule has 1 atom stereocenters. The van der Waals surface area contributed by atoms with Crippen molar-refractivity contribution in [1.82, 2.24) is 10.2 Å². The van der Waals surface area contributed by atoms with Crippen LogP contribution in [0.4, 0.5) is 0 Å². The van der Waals surface area contributed by atoms with Crippen LogP contribution in [-0.4, -0.2) is 48.7 Å². The van der Waals surface area contributed by atoms with Crippen molar-refractivity contribution in [2.45, 2.75) is 32.4 Å². The maximum atomic E-state index is 13.2. The average Bonchev–Trinajstić information content (AvgIpc) is 3.28. The maximum Gasteiger partial charge on any atom is 0.267 e. The molecule has 0 saturated carbocycles. The fourth-order valence-corrected chi connectivity index (χ4v) is 3.46. The Balaban J connectivity index is 1.73. The van der Waals surface area contributed by atoms with Crippen LogP contribution in [0.15, 0.2) is 53.7 Å². The van der Waals surface area contributed by atoms with Crippen molar-refractivity contribution < 1.29 is 19.2 Å². The van der Waals surface area contributed by atoms with E-state index in [4.69, 9.17) is 21.2 Å². The predicted molar refractivity (Wildman–Crippen MR) is 119 cm³/mol. The normalized spacial score (nSPS) is 15.1. The molecule has 31 heavy (non-hydrogen) atoms. The molecule has 0 fully saturated rings. The van der Waals surface area contributed by atoms with E-state index < -0.39 is 6.10 Å². The van der Waals surface area contributed by atoms with Gasteiger partial charge >= 0.3 is 0 Å². The second-order valence-electron chi connectivity index (χ2n) is 7.21. The smallest absolute Gasteiger partial charge is 0.267 e. The van der Waals surface area contributed by atoms with Gasteiger partial charge in [0, 0.05) is 25.1 Å². The van der Waals surface area contributed by atoms with E-state index in [2.05, 4.69) is 10.5 Å². The summed E-state index contributed by atoms with van der Waals surface area (Å²) < 4.78 is 5.25. The van der Waals surface area contributed by atoms with Crippen molar-refractivity contribution in [3.05, 3.63) is 64.7 Å². The first-order chi connectivity index (χ1) is 15.0. The predicted octanol–water partition coefficient (Wildman–Crippen LogP) is 3.40. The van der Waals surface area contributed by atoms with E-state index >= 15 is 0 Å². The Hall–Kier alpha value is -3.06. The van der Waals surface area contributed by atoms with E-state index in [-0.39, 0.29) is 24.8 Å². The van der Waals surface area contributed by atoms with Gasteiger partial charge in [0.2, 0.25) is 12.0 Å². The van der Waals surface area contributed by atoms with Crippen LogP contribution in [0.2, 0.25) is 5.02 Å². The highest BCUT2D eigenvalue weighted by Crippen LogP contribution is 2.27. The van der Waals surface area contributed by atoms with Crippen molar-refractivity contribution in [2.75, 3.05) is 20.2 Å². The molecule has 164 valence electrons. The molecule has 1 unspecified atom stereocenters. The van der Waals surface area contributed by atoms with Crippen LogP contribution in [-0.2, 0) is 21.0 Å². The molecular weight excluding hydrogens is 418 g/mol. The number of rotatable bonds is 9. The molecule has 2 aromatic carbocycles. The minimum Gasteiger partial charge on any atom is -0.497 e. The number of benzene rings is 2. The van der Waals surface area contributed by atoms with Crippen molar-refractivity contribution >= 4 is 29.1 Å². The van der Waals surface area contributed by atoms with Gasteiger partial charge < -0.3 is 19.8 Å². The number of amides is 2. The third kappa shape index (κ3) is 5.98. The molecule has 7 nitrogen and oxygen atoms in total. The number of nitrogens with zero attached hydrogens (tertiary/aromatic N) is 2. The number of carbonyl (C=O) groups is 2. The topological polar surface area (TPSA) is 80.2 Å². The zero-order chi connectivity index (χ0) is 22.2. The number of nitrogens with one attached hydrogen (secondary N) is 1. The number of halogens is 1. The number of hydrogen-bond donors (Lipinski definition) is 1. The summed E-state index contributed by atoms with van der Waals surface area (Å²) in [4.78, 5) is 32.5. The Morgan fingerprint density at radius 1 is 1.26 bits per heavy atom. The van der Waals surface area contributed by atoms with Gasteiger partial charge in [-0.25, -0.2) is 0 Å². The van der Waals surface area contributed by atoms with Crippen molar-refractivity contribution in [1.29, 1.82) is 0 Å². The van der Waals surface area contributed by atoms with Crippen LogP contribution in [0.3, 0.4) is 0 Å². The molecular formula is C23H26ClN3O4. The SMILES string of the molecule is CCCNC(=O)CN(Cc1ccccc1)C(=O)C1CC(c2cc(OC)ccc2Cl)=NO1. The van der Waals surface area contributed by atoms with Gasteiger partial charge in [0.25, 0.3) is 5.91 Å². The zero-order valence-corrected chi connectivity index (χ0v) is 18.4. The molecule has 2 amide bonds. The number of hydrogen-bond acceptors (Lipinski definition) is 5. The average molecular weight is 444 g/mol. The van der Waals surface area contributed by atoms with Gasteiger partial charge in [0.15, 0.2) is 0 Å². The van der Waals surface area contributed by atoms with Crippen LogP contribution >= 0.6 is 11.6 Å². The van der Waals surface area contributed by atoms with Gasteiger partial charge in [-0.05, 0) is 30.2 Å². The second kappa shape index (κ2) is 10.8. The molecule has 1 heterocycles. The van der Waals surface area contributed by atoms with Crippen LogP contribution in [0, 0.1) is 0 Å². The van der Waals surface area contributed by atoms with Crippen LogP contribution in [0.25, 0.3) is 0 Å². The fraction of sp³-hybridized carbons (Fsp3) is 0.348. The second-order valence-corrected chi connectivity index (χ2v) is 7.62. The summed E-state index contributed by atoms with van der Waals surface area (Å²) in [5, 5.41) is 7.40. The summed E-state index contributed by atoms with van der Waals surface area (Å²) in [5.41, 5.74) is 2.15. The molecule has 3 rings (SSSR count). The lowest BCUT2D eigenvalue weighted by Crippen LogP contribution is -2.44. The highest BCUT2D eigenvalue weighted by Gasteiger charge is 2.34. The number of ether oxygens (including phenoxy) is 1. The lowest BCUT2D eigenvalue weighted by atomic mass is 10.0.